The molecule has 1 amide bonds. The molecule has 0 saturated carbocycles. The van der Waals surface area contributed by atoms with E-state index in [0.717, 1.165) is 31.3 Å². The van der Waals surface area contributed by atoms with Gasteiger partial charge in [-0.2, -0.15) is 0 Å². The minimum absolute atomic E-state index is 0.245. The van der Waals surface area contributed by atoms with Crippen LogP contribution < -0.4 is 9.64 Å². The van der Waals surface area contributed by atoms with Gasteiger partial charge in [0.2, 0.25) is 0 Å². The lowest BCUT2D eigenvalue weighted by atomic mass is 9.86. The van der Waals surface area contributed by atoms with E-state index in [-0.39, 0.29) is 5.91 Å². The summed E-state index contributed by atoms with van der Waals surface area (Å²) in [6.45, 7) is 6.48. The van der Waals surface area contributed by atoms with Crippen molar-refractivity contribution < 1.29 is 13.9 Å². The lowest BCUT2D eigenvalue weighted by Gasteiger charge is -2.43. The van der Waals surface area contributed by atoms with Gasteiger partial charge in [0.25, 0.3) is 5.91 Å². The standard InChI is InChI=1S/C21H18FNO2S3/c1-4-25-14-8-9-16-15(11-14)17-18(27-28-20(17)26)21(2,3)23(16)19(24)12-6-5-7-13(22)10-12/h5-11H,4H2,1-3H3. The molecule has 3 nitrogen and oxygen atoms in total. The van der Waals surface area contributed by atoms with Gasteiger partial charge < -0.3 is 4.74 Å². The Bertz CT molecular complexity index is 1130. The molecule has 0 radical (unpaired) electrons. The number of carbonyl (C=O) groups excluding carboxylic acids is 1. The molecule has 0 bridgehead atoms. The van der Waals surface area contributed by atoms with Crippen LogP contribution in [0.15, 0.2) is 42.5 Å². The second kappa shape index (κ2) is 7.06. The van der Waals surface area contributed by atoms with Crippen molar-refractivity contribution in [3.8, 4) is 16.9 Å². The van der Waals surface area contributed by atoms with E-state index in [1.165, 1.54) is 22.5 Å². The maximum absolute atomic E-state index is 13.8. The van der Waals surface area contributed by atoms with Crippen molar-refractivity contribution in [3.63, 3.8) is 0 Å². The summed E-state index contributed by atoms with van der Waals surface area (Å²) in [7, 11) is 3.12. The van der Waals surface area contributed by atoms with Crippen molar-refractivity contribution in [1.29, 1.82) is 0 Å². The monoisotopic (exact) mass is 431 g/mol. The minimum Gasteiger partial charge on any atom is -0.494 e. The molecule has 2 heterocycles. The van der Waals surface area contributed by atoms with E-state index in [0.29, 0.717) is 12.2 Å². The van der Waals surface area contributed by atoms with Gasteiger partial charge in [-0.15, -0.1) is 0 Å². The molecular formula is C21H18FNO2S3. The number of rotatable bonds is 3. The molecule has 0 atom stereocenters. The fourth-order valence-electron chi connectivity index (χ4n) is 3.58. The molecule has 7 heteroatoms. The number of amides is 1. The molecular weight excluding hydrogens is 413 g/mol. The van der Waals surface area contributed by atoms with Gasteiger partial charge in [0.05, 0.1) is 22.7 Å². The summed E-state index contributed by atoms with van der Waals surface area (Å²) in [6, 6.07) is 11.5. The highest BCUT2D eigenvalue weighted by atomic mass is 32.9. The van der Waals surface area contributed by atoms with Gasteiger partial charge in [0.1, 0.15) is 15.4 Å². The van der Waals surface area contributed by atoms with Gasteiger partial charge in [-0.25, -0.2) is 4.39 Å². The average molecular weight is 432 g/mol. The van der Waals surface area contributed by atoms with Crippen LogP contribution in [0.25, 0.3) is 11.1 Å². The van der Waals surface area contributed by atoms with Crippen LogP contribution in [-0.4, -0.2) is 12.5 Å². The Labute approximate surface area is 175 Å². The van der Waals surface area contributed by atoms with Crippen molar-refractivity contribution in [1.82, 2.24) is 0 Å². The molecule has 0 aliphatic carbocycles. The Morgan fingerprint density at radius 3 is 2.71 bits per heavy atom. The summed E-state index contributed by atoms with van der Waals surface area (Å²) in [5, 5.41) is 0. The Morgan fingerprint density at radius 1 is 1.21 bits per heavy atom. The fourth-order valence-corrected chi connectivity index (χ4v) is 6.86. The topological polar surface area (TPSA) is 29.5 Å². The Hall–Kier alpha value is -2.09. The van der Waals surface area contributed by atoms with Crippen LogP contribution >= 0.6 is 32.9 Å². The van der Waals surface area contributed by atoms with E-state index in [2.05, 4.69) is 0 Å². The first-order valence-corrected chi connectivity index (χ1v) is 11.4. The Kier molecular flexibility index (Phi) is 4.85. The number of halogens is 1. The number of hydrogen-bond donors (Lipinski definition) is 0. The summed E-state index contributed by atoms with van der Waals surface area (Å²) < 4.78 is 20.2. The summed E-state index contributed by atoms with van der Waals surface area (Å²) in [5.74, 6) is 0.0556. The lowest BCUT2D eigenvalue weighted by molar-refractivity contribution is 0.0961. The third-order valence-corrected chi connectivity index (χ3v) is 8.14. The van der Waals surface area contributed by atoms with Gasteiger partial charge in [-0.1, -0.05) is 39.0 Å². The zero-order chi connectivity index (χ0) is 20.1. The van der Waals surface area contributed by atoms with Crippen molar-refractivity contribution in [2.45, 2.75) is 26.3 Å². The molecule has 28 heavy (non-hydrogen) atoms. The third-order valence-electron chi connectivity index (χ3n) is 4.81. The van der Waals surface area contributed by atoms with Gasteiger partial charge in [0.15, 0.2) is 0 Å². The number of anilines is 1. The maximum atomic E-state index is 13.8. The summed E-state index contributed by atoms with van der Waals surface area (Å²) in [6.07, 6.45) is 0. The fraction of sp³-hybridized carbons (Fsp3) is 0.238. The van der Waals surface area contributed by atoms with Crippen molar-refractivity contribution in [3.05, 3.63) is 62.5 Å². The number of hydrogen-bond acceptors (Lipinski definition) is 5. The van der Waals surface area contributed by atoms with Gasteiger partial charge in [0, 0.05) is 16.7 Å². The van der Waals surface area contributed by atoms with E-state index in [4.69, 9.17) is 17.0 Å². The predicted molar refractivity (Wildman–Crippen MR) is 116 cm³/mol. The number of nitrogens with zero attached hydrogens (tertiary/aromatic N) is 1. The highest BCUT2D eigenvalue weighted by Gasteiger charge is 2.43. The van der Waals surface area contributed by atoms with Crippen LogP contribution in [0.1, 0.15) is 36.0 Å². The molecule has 1 aromatic heterocycles. The van der Waals surface area contributed by atoms with Gasteiger partial charge in [-0.3, -0.25) is 9.69 Å². The zero-order valence-electron chi connectivity index (χ0n) is 15.6. The average Bonchev–Trinajstić information content (AvgIpc) is 3.05. The highest BCUT2D eigenvalue weighted by molar-refractivity contribution is 7.80. The molecule has 1 aliphatic rings. The second-order valence-electron chi connectivity index (χ2n) is 6.98. The van der Waals surface area contributed by atoms with Crippen LogP contribution in [0.2, 0.25) is 0 Å². The lowest BCUT2D eigenvalue weighted by Crippen LogP contribution is -2.47. The second-order valence-corrected chi connectivity index (χ2v) is 9.80. The normalized spacial score (nSPS) is 14.4. The molecule has 0 N–H and O–H groups in total. The maximum Gasteiger partial charge on any atom is 0.259 e. The Morgan fingerprint density at radius 2 is 2.00 bits per heavy atom. The van der Waals surface area contributed by atoms with Gasteiger partial charge >= 0.3 is 0 Å². The molecule has 0 unspecified atom stereocenters. The van der Waals surface area contributed by atoms with Gasteiger partial charge in [-0.05, 0) is 57.2 Å². The van der Waals surface area contributed by atoms with E-state index >= 15 is 0 Å². The molecule has 144 valence electrons. The van der Waals surface area contributed by atoms with Crippen LogP contribution in [-0.2, 0) is 5.54 Å². The van der Waals surface area contributed by atoms with Crippen LogP contribution in [0, 0.1) is 9.64 Å². The first kappa shape index (κ1) is 19.2. The quantitative estimate of drug-likeness (QED) is 0.344. The van der Waals surface area contributed by atoms with E-state index in [1.807, 2.05) is 39.0 Å². The highest BCUT2D eigenvalue weighted by Crippen LogP contribution is 2.53. The molecule has 2 aromatic carbocycles. The molecule has 0 saturated heterocycles. The summed E-state index contributed by atoms with van der Waals surface area (Å²) in [4.78, 5) is 16.2. The summed E-state index contributed by atoms with van der Waals surface area (Å²) in [5.41, 5.74) is 2.33. The van der Waals surface area contributed by atoms with Crippen LogP contribution in [0.3, 0.4) is 0 Å². The minimum atomic E-state index is -0.614. The van der Waals surface area contributed by atoms with Crippen LogP contribution in [0.5, 0.6) is 5.75 Å². The Balaban J connectivity index is 1.95. The smallest absolute Gasteiger partial charge is 0.259 e. The molecule has 0 fully saturated rings. The summed E-state index contributed by atoms with van der Waals surface area (Å²) >= 11 is 5.61. The molecule has 4 rings (SSSR count). The SMILES string of the molecule is CCOc1ccc2c(c1)-c1c(ssc1=S)C(C)(C)N2C(=O)c1cccc(F)c1. The van der Waals surface area contributed by atoms with E-state index in [1.54, 1.807) is 27.4 Å². The van der Waals surface area contributed by atoms with Crippen molar-refractivity contribution in [2.75, 3.05) is 11.5 Å². The molecule has 0 spiro atoms. The largest absolute Gasteiger partial charge is 0.494 e. The first-order chi connectivity index (χ1) is 13.3. The van der Waals surface area contributed by atoms with Crippen molar-refractivity contribution >= 4 is 44.5 Å². The molecule has 3 aromatic rings. The number of carbonyl (C=O) groups is 1. The first-order valence-electron chi connectivity index (χ1n) is 8.85. The zero-order valence-corrected chi connectivity index (χ0v) is 18.1. The number of fused-ring (bicyclic) bond motifs is 3. The van der Waals surface area contributed by atoms with Crippen LogP contribution in [0.4, 0.5) is 10.1 Å². The predicted octanol–water partition coefficient (Wildman–Crippen LogP) is 6.64. The van der Waals surface area contributed by atoms with E-state index < -0.39 is 11.4 Å². The van der Waals surface area contributed by atoms with E-state index in [9.17, 15) is 9.18 Å². The van der Waals surface area contributed by atoms with Crippen molar-refractivity contribution in [2.24, 2.45) is 0 Å². The third kappa shape index (κ3) is 2.98. The number of ether oxygens (including phenoxy) is 1. The molecule has 1 aliphatic heterocycles. The number of benzene rings is 2.